The summed E-state index contributed by atoms with van der Waals surface area (Å²) < 4.78 is 10.8. The molecule has 0 bridgehead atoms. The lowest BCUT2D eigenvalue weighted by atomic mass is 10.0. The molecule has 0 saturated heterocycles. The van der Waals surface area contributed by atoms with E-state index in [4.69, 9.17) is 14.4 Å². The van der Waals surface area contributed by atoms with E-state index < -0.39 is 12.0 Å². The highest BCUT2D eigenvalue weighted by Crippen LogP contribution is 2.31. The summed E-state index contributed by atoms with van der Waals surface area (Å²) >= 11 is 0. The summed E-state index contributed by atoms with van der Waals surface area (Å²) in [5.41, 5.74) is 3.50. The second-order valence-electron chi connectivity index (χ2n) is 6.21. The largest absolute Gasteiger partial charge is 0.496 e. The van der Waals surface area contributed by atoms with Crippen LogP contribution in [0.2, 0.25) is 0 Å². The maximum Gasteiger partial charge on any atom is 0.321 e. The standard InChI is InChI=1S/C20H21N3O4/c1-12-4-9-15(17(10-12)26-3)19-22-18(23-27-19)14-7-5-13(6-8-14)11-16(21-2)20(24)25/h4-10,16,21H,11H2,1-3H3,(H,24,25). The number of ether oxygens (including phenoxy) is 1. The minimum absolute atomic E-state index is 0.382. The molecule has 2 aromatic carbocycles. The van der Waals surface area contributed by atoms with Crippen molar-refractivity contribution in [1.29, 1.82) is 0 Å². The summed E-state index contributed by atoms with van der Waals surface area (Å²) in [6, 6.07) is 12.6. The number of rotatable bonds is 7. The van der Waals surface area contributed by atoms with Crippen molar-refractivity contribution in [2.24, 2.45) is 0 Å². The van der Waals surface area contributed by atoms with Crippen LogP contribution in [0.15, 0.2) is 47.0 Å². The number of aromatic nitrogens is 2. The molecule has 0 aliphatic carbocycles. The molecule has 0 aliphatic heterocycles. The zero-order chi connectivity index (χ0) is 19.4. The molecule has 2 N–H and O–H groups in total. The number of likely N-dealkylation sites (N-methyl/N-ethyl adjacent to an activating group) is 1. The number of nitrogens with zero attached hydrogens (tertiary/aromatic N) is 2. The van der Waals surface area contributed by atoms with Gasteiger partial charge in [-0.3, -0.25) is 4.79 Å². The first-order chi connectivity index (χ1) is 13.0. The fourth-order valence-electron chi connectivity index (χ4n) is 2.76. The molecule has 1 atom stereocenters. The lowest BCUT2D eigenvalue weighted by Gasteiger charge is -2.10. The van der Waals surface area contributed by atoms with Gasteiger partial charge < -0.3 is 19.7 Å². The predicted molar refractivity (Wildman–Crippen MR) is 101 cm³/mol. The van der Waals surface area contributed by atoms with Crippen molar-refractivity contribution in [3.8, 4) is 28.6 Å². The number of carboxylic acids is 1. The maximum absolute atomic E-state index is 11.1. The molecule has 0 spiro atoms. The Balaban J connectivity index is 1.82. The second-order valence-corrected chi connectivity index (χ2v) is 6.21. The molecule has 0 fully saturated rings. The number of benzene rings is 2. The molecule has 1 unspecified atom stereocenters. The summed E-state index contributed by atoms with van der Waals surface area (Å²) in [7, 11) is 3.23. The van der Waals surface area contributed by atoms with Gasteiger partial charge >= 0.3 is 5.97 Å². The monoisotopic (exact) mass is 367 g/mol. The van der Waals surface area contributed by atoms with Crippen LogP contribution in [-0.2, 0) is 11.2 Å². The third kappa shape index (κ3) is 4.15. The first kappa shape index (κ1) is 18.6. The van der Waals surface area contributed by atoms with Crippen molar-refractivity contribution in [2.45, 2.75) is 19.4 Å². The van der Waals surface area contributed by atoms with E-state index in [2.05, 4.69) is 15.5 Å². The van der Waals surface area contributed by atoms with Crippen LogP contribution in [0, 0.1) is 6.92 Å². The van der Waals surface area contributed by atoms with Crippen LogP contribution >= 0.6 is 0 Å². The highest BCUT2D eigenvalue weighted by molar-refractivity contribution is 5.74. The fraction of sp³-hybridized carbons (Fsp3) is 0.250. The van der Waals surface area contributed by atoms with Gasteiger partial charge in [-0.05, 0) is 43.7 Å². The molecule has 1 aromatic heterocycles. The Kier molecular flexibility index (Phi) is 5.52. The summed E-state index contributed by atoms with van der Waals surface area (Å²) in [5, 5.41) is 16.0. The molecule has 0 saturated carbocycles. The molecule has 7 heteroatoms. The average Bonchev–Trinajstić information content (AvgIpc) is 3.16. The number of hydrogen-bond donors (Lipinski definition) is 2. The van der Waals surface area contributed by atoms with E-state index in [1.54, 1.807) is 14.2 Å². The SMILES string of the molecule is CNC(Cc1ccc(-c2noc(-c3ccc(C)cc3OC)n2)cc1)C(=O)O. The van der Waals surface area contributed by atoms with Crippen LogP contribution in [0.4, 0.5) is 0 Å². The van der Waals surface area contributed by atoms with E-state index in [1.165, 1.54) is 0 Å². The summed E-state index contributed by atoms with van der Waals surface area (Å²) in [6.07, 6.45) is 0.393. The van der Waals surface area contributed by atoms with Gasteiger partial charge in [-0.1, -0.05) is 35.5 Å². The zero-order valence-electron chi connectivity index (χ0n) is 15.4. The third-order valence-electron chi connectivity index (χ3n) is 4.31. The van der Waals surface area contributed by atoms with E-state index in [-0.39, 0.29) is 0 Å². The van der Waals surface area contributed by atoms with Crippen LogP contribution in [0.5, 0.6) is 5.75 Å². The Morgan fingerprint density at radius 1 is 1.26 bits per heavy atom. The highest BCUT2D eigenvalue weighted by atomic mass is 16.5. The van der Waals surface area contributed by atoms with Gasteiger partial charge in [-0.25, -0.2) is 0 Å². The van der Waals surface area contributed by atoms with Gasteiger partial charge in [0.05, 0.1) is 12.7 Å². The van der Waals surface area contributed by atoms with Crippen molar-refractivity contribution in [3.63, 3.8) is 0 Å². The quantitative estimate of drug-likeness (QED) is 0.662. The molecular weight excluding hydrogens is 346 g/mol. The highest BCUT2D eigenvalue weighted by Gasteiger charge is 2.17. The van der Waals surface area contributed by atoms with Crippen LogP contribution < -0.4 is 10.1 Å². The number of hydrogen-bond acceptors (Lipinski definition) is 6. The van der Waals surface area contributed by atoms with E-state index in [1.807, 2.05) is 49.4 Å². The number of aliphatic carboxylic acids is 1. The lowest BCUT2D eigenvalue weighted by molar-refractivity contribution is -0.139. The van der Waals surface area contributed by atoms with Gasteiger partial charge in [0.2, 0.25) is 5.82 Å². The molecule has 0 radical (unpaired) electrons. The average molecular weight is 367 g/mol. The predicted octanol–water partition coefficient (Wildman–Crippen LogP) is 2.94. The van der Waals surface area contributed by atoms with Crippen molar-refractivity contribution >= 4 is 5.97 Å². The molecule has 1 heterocycles. The summed E-state index contributed by atoms with van der Waals surface area (Å²) in [6.45, 7) is 1.98. The topological polar surface area (TPSA) is 97.5 Å². The Morgan fingerprint density at radius 3 is 2.63 bits per heavy atom. The fourth-order valence-corrected chi connectivity index (χ4v) is 2.76. The van der Waals surface area contributed by atoms with Gasteiger partial charge in [0.15, 0.2) is 0 Å². The Bertz CT molecular complexity index is 935. The molecule has 3 rings (SSSR count). The molecule has 0 aliphatic rings. The number of nitrogens with one attached hydrogen (secondary N) is 1. The van der Waals surface area contributed by atoms with Crippen LogP contribution in [-0.4, -0.2) is 41.4 Å². The molecular formula is C20H21N3O4. The molecule has 7 nitrogen and oxygen atoms in total. The van der Waals surface area contributed by atoms with Gasteiger partial charge in [0.25, 0.3) is 5.89 Å². The van der Waals surface area contributed by atoms with E-state index >= 15 is 0 Å². The third-order valence-corrected chi connectivity index (χ3v) is 4.31. The van der Waals surface area contributed by atoms with Crippen molar-refractivity contribution in [2.75, 3.05) is 14.2 Å². The minimum Gasteiger partial charge on any atom is -0.496 e. The van der Waals surface area contributed by atoms with Crippen molar-refractivity contribution in [1.82, 2.24) is 15.5 Å². The van der Waals surface area contributed by atoms with Gasteiger partial charge in [-0.15, -0.1) is 0 Å². The number of methoxy groups -OCH3 is 1. The minimum atomic E-state index is -0.878. The van der Waals surface area contributed by atoms with Crippen molar-refractivity contribution in [3.05, 3.63) is 53.6 Å². The van der Waals surface area contributed by atoms with Crippen LogP contribution in [0.3, 0.4) is 0 Å². The van der Waals surface area contributed by atoms with E-state index in [0.29, 0.717) is 23.9 Å². The molecule has 3 aromatic rings. The van der Waals surface area contributed by atoms with Crippen LogP contribution in [0.25, 0.3) is 22.8 Å². The number of carboxylic acid groups (broad SMARTS) is 1. The first-order valence-electron chi connectivity index (χ1n) is 8.50. The number of aryl methyl sites for hydroxylation is 1. The first-order valence-corrected chi connectivity index (χ1v) is 8.50. The zero-order valence-corrected chi connectivity index (χ0v) is 15.4. The van der Waals surface area contributed by atoms with Gasteiger partial charge in [0, 0.05) is 5.56 Å². The Labute approximate surface area is 157 Å². The lowest BCUT2D eigenvalue weighted by Crippen LogP contribution is -2.35. The van der Waals surface area contributed by atoms with E-state index in [0.717, 1.165) is 22.3 Å². The van der Waals surface area contributed by atoms with Gasteiger partial charge in [0.1, 0.15) is 11.8 Å². The van der Waals surface area contributed by atoms with Crippen molar-refractivity contribution < 1.29 is 19.2 Å². The maximum atomic E-state index is 11.1. The van der Waals surface area contributed by atoms with E-state index in [9.17, 15) is 4.79 Å². The normalized spacial score (nSPS) is 12.0. The number of carbonyl (C=O) groups is 1. The molecule has 140 valence electrons. The molecule has 0 amide bonds. The smallest absolute Gasteiger partial charge is 0.321 e. The van der Waals surface area contributed by atoms with Gasteiger partial charge in [-0.2, -0.15) is 4.98 Å². The summed E-state index contributed by atoms with van der Waals surface area (Å²) in [5.74, 6) is 0.637. The Morgan fingerprint density at radius 2 is 2.00 bits per heavy atom. The Hall–Kier alpha value is -3.19. The second kappa shape index (κ2) is 8.01. The molecule has 27 heavy (non-hydrogen) atoms. The summed E-state index contributed by atoms with van der Waals surface area (Å²) in [4.78, 5) is 15.6. The van der Waals surface area contributed by atoms with Crippen LogP contribution in [0.1, 0.15) is 11.1 Å².